The summed E-state index contributed by atoms with van der Waals surface area (Å²) in [6, 6.07) is 8.81. The lowest BCUT2D eigenvalue weighted by atomic mass is 9.82. The fraction of sp³-hybridized carbons (Fsp3) is 0.500. The lowest BCUT2D eigenvalue weighted by molar-refractivity contribution is 0.265. The third kappa shape index (κ3) is 5.22. The fourth-order valence-electron chi connectivity index (χ4n) is 5.44. The Morgan fingerprint density at radius 1 is 1.14 bits per heavy atom. The summed E-state index contributed by atoms with van der Waals surface area (Å²) >= 11 is 5.94. The van der Waals surface area contributed by atoms with Gasteiger partial charge in [-0.1, -0.05) is 25.4 Å². The van der Waals surface area contributed by atoms with E-state index in [1.165, 1.54) is 30.7 Å². The molecule has 1 saturated carbocycles. The summed E-state index contributed by atoms with van der Waals surface area (Å²) in [5.41, 5.74) is 1.17. The molecule has 0 N–H and O–H groups in total. The molecule has 3 atom stereocenters. The van der Waals surface area contributed by atoms with Crippen LogP contribution in [0.15, 0.2) is 36.5 Å². The van der Waals surface area contributed by atoms with Crippen LogP contribution in [-0.2, 0) is 13.0 Å². The van der Waals surface area contributed by atoms with E-state index in [0.29, 0.717) is 47.9 Å². The van der Waals surface area contributed by atoms with E-state index in [-0.39, 0.29) is 5.02 Å². The number of benzene rings is 1. The summed E-state index contributed by atoms with van der Waals surface area (Å²) < 4.78 is 26.7. The maximum absolute atomic E-state index is 13.6. The Morgan fingerprint density at radius 2 is 1.91 bits per heavy atom. The van der Waals surface area contributed by atoms with Gasteiger partial charge < -0.3 is 14.4 Å². The summed E-state index contributed by atoms with van der Waals surface area (Å²) in [5, 5.41) is 4.83. The number of pyridine rings is 1. The molecule has 3 heterocycles. The summed E-state index contributed by atoms with van der Waals surface area (Å²) in [7, 11) is 1.65. The van der Waals surface area contributed by atoms with Gasteiger partial charge in [-0.05, 0) is 54.7 Å². The Bertz CT molecular complexity index is 1170. The molecule has 2 bridgehead atoms. The highest BCUT2D eigenvalue weighted by molar-refractivity contribution is 6.30. The maximum Gasteiger partial charge on any atom is 0.320 e. The number of fused-ring (bicyclic) bond motifs is 2. The number of piperidine rings is 1. The van der Waals surface area contributed by atoms with Crippen molar-refractivity contribution in [3.05, 3.63) is 53.2 Å². The monoisotopic (exact) mass is 499 g/mol. The Balaban J connectivity index is 1.32. The molecule has 2 fully saturated rings. The van der Waals surface area contributed by atoms with E-state index in [1.54, 1.807) is 13.2 Å². The van der Waals surface area contributed by atoms with Gasteiger partial charge in [0, 0.05) is 50.1 Å². The van der Waals surface area contributed by atoms with Gasteiger partial charge in [0.2, 0.25) is 5.88 Å². The zero-order valence-corrected chi connectivity index (χ0v) is 21.1. The SMILES string of the molecule is COc1cc(N2C[C@H]3CC[C@@H](C2)C3Cc2nc(Oc3ccc(F)c(Cl)c3)n(CC(C)C)n2)ccn1. The number of hydrogen-bond acceptors (Lipinski definition) is 6. The van der Waals surface area contributed by atoms with Gasteiger partial charge in [0.15, 0.2) is 5.82 Å². The second-order valence-electron chi connectivity index (χ2n) is 9.99. The van der Waals surface area contributed by atoms with Crippen molar-refractivity contribution in [2.24, 2.45) is 23.7 Å². The zero-order valence-electron chi connectivity index (χ0n) is 20.3. The average Bonchev–Trinajstić information content (AvgIpc) is 3.29. The molecule has 0 radical (unpaired) electrons. The molecule has 35 heavy (non-hydrogen) atoms. The molecular formula is C26H31ClFN5O2. The van der Waals surface area contributed by atoms with Crippen molar-refractivity contribution < 1.29 is 13.9 Å². The molecule has 3 aromatic rings. The predicted octanol–water partition coefficient (Wildman–Crippen LogP) is 5.63. The van der Waals surface area contributed by atoms with Gasteiger partial charge in [-0.2, -0.15) is 10.1 Å². The minimum absolute atomic E-state index is 0.0211. The van der Waals surface area contributed by atoms with E-state index in [0.717, 1.165) is 25.3 Å². The highest BCUT2D eigenvalue weighted by Crippen LogP contribution is 2.44. The Labute approximate surface area is 210 Å². The minimum Gasteiger partial charge on any atom is -0.481 e. The van der Waals surface area contributed by atoms with Crippen LogP contribution in [0.3, 0.4) is 0 Å². The van der Waals surface area contributed by atoms with Gasteiger partial charge in [0.25, 0.3) is 0 Å². The lowest BCUT2D eigenvalue weighted by Gasteiger charge is -2.39. The van der Waals surface area contributed by atoms with Gasteiger partial charge in [-0.15, -0.1) is 0 Å². The molecule has 1 saturated heterocycles. The van der Waals surface area contributed by atoms with Crippen molar-refractivity contribution in [3.8, 4) is 17.6 Å². The van der Waals surface area contributed by atoms with E-state index in [9.17, 15) is 4.39 Å². The Hall–Kier alpha value is -2.87. The van der Waals surface area contributed by atoms with E-state index in [4.69, 9.17) is 31.2 Å². The van der Waals surface area contributed by atoms with Crippen molar-refractivity contribution in [3.63, 3.8) is 0 Å². The van der Waals surface area contributed by atoms with Crippen molar-refractivity contribution in [1.82, 2.24) is 19.7 Å². The van der Waals surface area contributed by atoms with E-state index < -0.39 is 5.82 Å². The normalized spacial score (nSPS) is 21.5. The number of halogens is 2. The van der Waals surface area contributed by atoms with Crippen LogP contribution in [0, 0.1) is 29.5 Å². The highest BCUT2D eigenvalue weighted by Gasteiger charge is 2.42. The van der Waals surface area contributed by atoms with Crippen LogP contribution in [0.4, 0.5) is 10.1 Å². The quantitative estimate of drug-likeness (QED) is 0.400. The van der Waals surface area contributed by atoms with Crippen molar-refractivity contribution in [2.45, 2.75) is 39.7 Å². The zero-order chi connectivity index (χ0) is 24.5. The van der Waals surface area contributed by atoms with E-state index in [2.05, 4.69) is 29.8 Å². The molecule has 2 aliphatic rings. The number of ether oxygens (including phenoxy) is 2. The predicted molar refractivity (Wildman–Crippen MR) is 133 cm³/mol. The molecule has 7 nitrogen and oxygen atoms in total. The summed E-state index contributed by atoms with van der Waals surface area (Å²) in [6.45, 7) is 6.97. The summed E-state index contributed by atoms with van der Waals surface area (Å²) in [4.78, 5) is 11.5. The third-order valence-corrected chi connectivity index (χ3v) is 7.35. The molecule has 1 aliphatic carbocycles. The van der Waals surface area contributed by atoms with Crippen LogP contribution in [0.5, 0.6) is 17.6 Å². The number of hydrogen-bond donors (Lipinski definition) is 0. The number of rotatable bonds is 8. The molecule has 9 heteroatoms. The molecule has 1 aliphatic heterocycles. The van der Waals surface area contributed by atoms with Crippen LogP contribution in [-0.4, -0.2) is 39.9 Å². The Kier molecular flexibility index (Phi) is 6.82. The van der Waals surface area contributed by atoms with E-state index >= 15 is 0 Å². The minimum atomic E-state index is -0.476. The van der Waals surface area contributed by atoms with Gasteiger partial charge in [0.1, 0.15) is 11.6 Å². The van der Waals surface area contributed by atoms with Crippen LogP contribution in [0.25, 0.3) is 0 Å². The smallest absolute Gasteiger partial charge is 0.320 e. The first-order valence-electron chi connectivity index (χ1n) is 12.2. The second kappa shape index (κ2) is 10.0. The molecule has 1 aromatic carbocycles. The van der Waals surface area contributed by atoms with Crippen molar-refractivity contribution in [2.75, 3.05) is 25.1 Å². The molecule has 1 unspecified atom stereocenters. The molecule has 0 amide bonds. The summed E-state index contributed by atoms with van der Waals surface area (Å²) in [6.07, 6.45) is 5.08. The average molecular weight is 500 g/mol. The molecule has 186 valence electrons. The second-order valence-corrected chi connectivity index (χ2v) is 10.4. The number of aromatic nitrogens is 4. The first-order chi connectivity index (χ1) is 16.9. The van der Waals surface area contributed by atoms with Gasteiger partial charge in [-0.25, -0.2) is 14.1 Å². The molecule has 0 spiro atoms. The van der Waals surface area contributed by atoms with Crippen LogP contribution < -0.4 is 14.4 Å². The Morgan fingerprint density at radius 3 is 2.60 bits per heavy atom. The topological polar surface area (TPSA) is 65.3 Å². The van der Waals surface area contributed by atoms with Crippen molar-refractivity contribution in [1.29, 1.82) is 0 Å². The fourth-order valence-corrected chi connectivity index (χ4v) is 5.61. The van der Waals surface area contributed by atoms with Crippen LogP contribution in [0.1, 0.15) is 32.5 Å². The standard InChI is InChI=1S/C26H31ClFN5O2/c1-16(2)13-33-26(35-20-6-7-23(28)22(27)11-20)30-24(31-33)12-21-17-4-5-18(21)15-32(14-17)19-8-9-29-25(10-19)34-3/h6-11,16-18,21H,4-5,12-15H2,1-3H3/t17-,18+,21?. The van der Waals surface area contributed by atoms with Gasteiger partial charge in [-0.3, -0.25) is 0 Å². The molecule has 5 rings (SSSR count). The first-order valence-corrected chi connectivity index (χ1v) is 12.6. The largest absolute Gasteiger partial charge is 0.481 e. The van der Waals surface area contributed by atoms with Crippen molar-refractivity contribution >= 4 is 17.3 Å². The number of anilines is 1. The summed E-state index contributed by atoms with van der Waals surface area (Å²) in [5.74, 6) is 3.51. The van der Waals surface area contributed by atoms with Gasteiger partial charge >= 0.3 is 6.01 Å². The third-order valence-electron chi connectivity index (χ3n) is 7.06. The molecular weight excluding hydrogens is 469 g/mol. The van der Waals surface area contributed by atoms with Crippen LogP contribution >= 0.6 is 11.6 Å². The first kappa shape index (κ1) is 23.9. The lowest BCUT2D eigenvalue weighted by Crippen LogP contribution is -2.42. The van der Waals surface area contributed by atoms with Gasteiger partial charge in [0.05, 0.1) is 12.1 Å². The number of methoxy groups -OCH3 is 1. The van der Waals surface area contributed by atoms with E-state index in [1.807, 2.05) is 16.9 Å². The highest BCUT2D eigenvalue weighted by atomic mass is 35.5. The number of nitrogens with zero attached hydrogens (tertiary/aromatic N) is 5. The maximum atomic E-state index is 13.6. The molecule has 2 aromatic heterocycles. The van der Waals surface area contributed by atoms with Crippen LogP contribution in [0.2, 0.25) is 5.02 Å².